The number of nitrogens with two attached hydrogens (primary N) is 1. The summed E-state index contributed by atoms with van der Waals surface area (Å²) in [6.45, 7) is 0.888. The van der Waals surface area contributed by atoms with Gasteiger partial charge in [-0.2, -0.15) is 0 Å². The Balaban J connectivity index is 1.61. The fraction of sp³-hybridized carbons (Fsp3) is 0.643. The second-order valence-electron chi connectivity index (χ2n) is 5.97. The lowest BCUT2D eigenvalue weighted by Crippen LogP contribution is -2.33. The van der Waals surface area contributed by atoms with Crippen molar-refractivity contribution in [3.8, 4) is 0 Å². The van der Waals surface area contributed by atoms with Gasteiger partial charge in [0, 0.05) is 25.5 Å². The Bertz CT molecular complexity index is 454. The third kappa shape index (κ3) is 2.00. The molecule has 18 heavy (non-hydrogen) atoms. The summed E-state index contributed by atoms with van der Waals surface area (Å²) in [6, 6.07) is 1.71. The van der Waals surface area contributed by atoms with Gasteiger partial charge in [-0.25, -0.2) is 0 Å². The molecule has 3 unspecified atom stereocenters. The maximum atomic E-state index is 12.2. The van der Waals surface area contributed by atoms with E-state index in [1.807, 2.05) is 11.9 Å². The molecule has 1 amide bonds. The van der Waals surface area contributed by atoms with E-state index in [0.717, 1.165) is 18.4 Å². The molecular weight excluding hydrogens is 226 g/mol. The van der Waals surface area contributed by atoms with Crippen LogP contribution in [-0.2, 0) is 0 Å². The molecule has 1 heterocycles. The van der Waals surface area contributed by atoms with Crippen molar-refractivity contribution in [1.82, 2.24) is 9.88 Å². The minimum Gasteiger partial charge on any atom is -0.397 e. The lowest BCUT2D eigenvalue weighted by atomic mass is 9.88. The highest BCUT2D eigenvalue weighted by Gasteiger charge is 2.40. The minimum absolute atomic E-state index is 0.0504. The highest BCUT2D eigenvalue weighted by Crippen LogP contribution is 2.48. The van der Waals surface area contributed by atoms with E-state index < -0.39 is 0 Å². The Kier molecular flexibility index (Phi) is 2.80. The zero-order valence-corrected chi connectivity index (χ0v) is 10.9. The van der Waals surface area contributed by atoms with E-state index in [9.17, 15) is 4.79 Å². The largest absolute Gasteiger partial charge is 0.397 e. The van der Waals surface area contributed by atoms with E-state index in [1.54, 1.807) is 12.3 Å². The van der Waals surface area contributed by atoms with Crippen molar-refractivity contribution >= 4 is 11.6 Å². The molecule has 0 saturated heterocycles. The molecule has 0 radical (unpaired) electrons. The van der Waals surface area contributed by atoms with Crippen molar-refractivity contribution in [2.75, 3.05) is 19.3 Å². The molecular formula is C14H21N3O. The third-order valence-electron chi connectivity index (χ3n) is 4.68. The number of hydrogen-bond donors (Lipinski definition) is 2. The van der Waals surface area contributed by atoms with Crippen LogP contribution in [0.1, 0.15) is 36.2 Å². The molecule has 4 heteroatoms. The lowest BCUT2D eigenvalue weighted by Gasteiger charge is -2.27. The molecule has 2 aliphatic rings. The summed E-state index contributed by atoms with van der Waals surface area (Å²) in [5, 5.41) is 0. The average Bonchev–Trinajstić information content (AvgIpc) is 3.03. The molecule has 2 bridgehead atoms. The topological polar surface area (TPSA) is 62.1 Å². The molecule has 2 aliphatic carbocycles. The quantitative estimate of drug-likeness (QED) is 0.859. The van der Waals surface area contributed by atoms with Crippen molar-refractivity contribution in [2.45, 2.75) is 25.7 Å². The van der Waals surface area contributed by atoms with E-state index in [-0.39, 0.29) is 5.91 Å². The van der Waals surface area contributed by atoms with Crippen LogP contribution in [0.15, 0.2) is 12.3 Å². The Labute approximate surface area is 108 Å². The standard InChI is InChI=1S/C14H21N3O/c1-17(14(18)13-6-12(15)7-16-13)8-11-5-9-2-3-10(11)4-9/h6-7,9-11,16H,2-5,8,15H2,1H3. The molecule has 98 valence electrons. The number of anilines is 1. The van der Waals surface area contributed by atoms with Crippen LogP contribution >= 0.6 is 0 Å². The van der Waals surface area contributed by atoms with Crippen LogP contribution in [0.3, 0.4) is 0 Å². The van der Waals surface area contributed by atoms with Crippen molar-refractivity contribution in [3.05, 3.63) is 18.0 Å². The minimum atomic E-state index is 0.0504. The molecule has 0 aliphatic heterocycles. The Morgan fingerprint density at radius 3 is 2.89 bits per heavy atom. The number of carbonyl (C=O) groups excluding carboxylic acids is 1. The van der Waals surface area contributed by atoms with E-state index in [4.69, 9.17) is 5.73 Å². The lowest BCUT2D eigenvalue weighted by molar-refractivity contribution is 0.0749. The SMILES string of the molecule is CN(CC1CC2CCC1C2)C(=O)c1cc(N)c[nH]1. The first kappa shape index (κ1) is 11.6. The molecule has 0 spiro atoms. The third-order valence-corrected chi connectivity index (χ3v) is 4.68. The highest BCUT2D eigenvalue weighted by molar-refractivity contribution is 5.93. The summed E-state index contributed by atoms with van der Waals surface area (Å²) in [4.78, 5) is 17.0. The van der Waals surface area contributed by atoms with Gasteiger partial charge in [-0.3, -0.25) is 4.79 Å². The predicted molar refractivity (Wildman–Crippen MR) is 71.1 cm³/mol. The second-order valence-corrected chi connectivity index (χ2v) is 5.97. The van der Waals surface area contributed by atoms with Crippen LogP contribution < -0.4 is 5.73 Å². The van der Waals surface area contributed by atoms with Crippen molar-refractivity contribution in [3.63, 3.8) is 0 Å². The number of nitrogens with zero attached hydrogens (tertiary/aromatic N) is 1. The maximum absolute atomic E-state index is 12.2. The summed E-state index contributed by atoms with van der Waals surface area (Å²) in [7, 11) is 1.89. The summed E-state index contributed by atoms with van der Waals surface area (Å²) in [5.74, 6) is 2.56. The first-order valence-corrected chi connectivity index (χ1v) is 6.83. The van der Waals surface area contributed by atoms with Gasteiger partial charge in [0.15, 0.2) is 0 Å². The number of H-pyrrole nitrogens is 1. The summed E-state index contributed by atoms with van der Waals surface area (Å²) in [6.07, 6.45) is 7.15. The Hall–Kier alpha value is -1.45. The van der Waals surface area contributed by atoms with Crippen LogP contribution in [-0.4, -0.2) is 29.4 Å². The highest BCUT2D eigenvalue weighted by atomic mass is 16.2. The summed E-state index contributed by atoms with van der Waals surface area (Å²) >= 11 is 0. The number of carbonyl (C=O) groups is 1. The molecule has 2 saturated carbocycles. The van der Waals surface area contributed by atoms with Crippen molar-refractivity contribution < 1.29 is 4.79 Å². The molecule has 3 N–H and O–H groups in total. The fourth-order valence-corrected chi connectivity index (χ4v) is 3.77. The number of amides is 1. The number of hydrogen-bond acceptors (Lipinski definition) is 2. The zero-order valence-electron chi connectivity index (χ0n) is 10.9. The number of aromatic amines is 1. The molecule has 4 nitrogen and oxygen atoms in total. The number of rotatable bonds is 3. The first-order valence-electron chi connectivity index (χ1n) is 6.83. The first-order chi connectivity index (χ1) is 8.63. The molecule has 3 atom stereocenters. The number of nitrogens with one attached hydrogen (secondary N) is 1. The van der Waals surface area contributed by atoms with Gasteiger partial charge in [-0.15, -0.1) is 0 Å². The Morgan fingerprint density at radius 1 is 1.50 bits per heavy atom. The van der Waals surface area contributed by atoms with Gasteiger partial charge in [0.25, 0.3) is 5.91 Å². The molecule has 0 aromatic carbocycles. The van der Waals surface area contributed by atoms with E-state index in [0.29, 0.717) is 17.3 Å². The van der Waals surface area contributed by atoms with Gasteiger partial charge in [-0.05, 0) is 43.1 Å². The predicted octanol–water partition coefficient (Wildman–Crippen LogP) is 2.11. The van der Waals surface area contributed by atoms with E-state index in [2.05, 4.69) is 4.98 Å². The molecule has 3 rings (SSSR count). The van der Waals surface area contributed by atoms with Crippen LogP contribution in [0, 0.1) is 17.8 Å². The molecule has 1 aromatic rings. The second kappa shape index (κ2) is 4.34. The Morgan fingerprint density at radius 2 is 2.33 bits per heavy atom. The number of aromatic nitrogens is 1. The fourth-order valence-electron chi connectivity index (χ4n) is 3.77. The number of nitrogen functional groups attached to an aromatic ring is 1. The monoisotopic (exact) mass is 247 g/mol. The van der Waals surface area contributed by atoms with Gasteiger partial charge in [0.2, 0.25) is 0 Å². The van der Waals surface area contributed by atoms with Gasteiger partial charge < -0.3 is 15.6 Å². The van der Waals surface area contributed by atoms with Crippen LogP contribution in [0.4, 0.5) is 5.69 Å². The van der Waals surface area contributed by atoms with Crippen molar-refractivity contribution in [2.24, 2.45) is 17.8 Å². The van der Waals surface area contributed by atoms with Gasteiger partial charge >= 0.3 is 0 Å². The normalized spacial score (nSPS) is 29.7. The smallest absolute Gasteiger partial charge is 0.270 e. The van der Waals surface area contributed by atoms with Crippen LogP contribution in [0.2, 0.25) is 0 Å². The summed E-state index contributed by atoms with van der Waals surface area (Å²) < 4.78 is 0. The van der Waals surface area contributed by atoms with Gasteiger partial charge in [-0.1, -0.05) is 6.42 Å². The molecule has 1 aromatic heterocycles. The van der Waals surface area contributed by atoms with Crippen LogP contribution in [0.25, 0.3) is 0 Å². The van der Waals surface area contributed by atoms with E-state index >= 15 is 0 Å². The van der Waals surface area contributed by atoms with E-state index in [1.165, 1.54) is 25.7 Å². The van der Waals surface area contributed by atoms with Crippen molar-refractivity contribution in [1.29, 1.82) is 0 Å². The van der Waals surface area contributed by atoms with Gasteiger partial charge in [0.05, 0.1) is 0 Å². The zero-order chi connectivity index (χ0) is 12.7. The van der Waals surface area contributed by atoms with Crippen LogP contribution in [0.5, 0.6) is 0 Å². The summed E-state index contributed by atoms with van der Waals surface area (Å²) in [5.41, 5.74) is 6.84. The number of fused-ring (bicyclic) bond motifs is 2. The molecule has 2 fully saturated rings. The van der Waals surface area contributed by atoms with Gasteiger partial charge in [0.1, 0.15) is 5.69 Å². The maximum Gasteiger partial charge on any atom is 0.270 e. The average molecular weight is 247 g/mol.